The van der Waals surface area contributed by atoms with Gasteiger partial charge in [-0.25, -0.2) is 0 Å². The molecule has 0 spiro atoms. The first-order valence-electron chi connectivity index (χ1n) is 30.3. The Labute approximate surface area is 455 Å². The van der Waals surface area contributed by atoms with Gasteiger partial charge >= 0.3 is 0 Å². The van der Waals surface area contributed by atoms with E-state index in [4.69, 9.17) is 28.4 Å². The molecule has 3 rings (SSSR count). The Kier molecular flexibility index (Phi) is 37.9. The number of aliphatic hydroxyl groups excluding tert-OH is 11. The van der Waals surface area contributed by atoms with Gasteiger partial charge in [0.25, 0.3) is 0 Å². The van der Waals surface area contributed by atoms with Gasteiger partial charge in [0.15, 0.2) is 18.9 Å². The zero-order chi connectivity index (χ0) is 55.5. The molecule has 0 aromatic carbocycles. The number of hydrogen-bond donors (Lipinski definition) is 12. The summed E-state index contributed by atoms with van der Waals surface area (Å²) in [6.07, 6.45) is 14.4. The summed E-state index contributed by atoms with van der Waals surface area (Å²) in [5, 5.41) is 119. The molecule has 19 heteroatoms. The van der Waals surface area contributed by atoms with Crippen molar-refractivity contribution in [3.05, 3.63) is 0 Å². The van der Waals surface area contributed by atoms with Crippen molar-refractivity contribution in [2.45, 2.75) is 330 Å². The van der Waals surface area contributed by atoms with Crippen LogP contribution in [0.2, 0.25) is 0 Å². The second kappa shape index (κ2) is 41.7. The topological polar surface area (TPSA) is 307 Å². The van der Waals surface area contributed by atoms with Gasteiger partial charge in [-0.15, -0.1) is 0 Å². The molecule has 3 heterocycles. The molecule has 0 bridgehead atoms. The highest BCUT2D eigenvalue weighted by Crippen LogP contribution is 2.33. The summed E-state index contributed by atoms with van der Waals surface area (Å²) in [7, 11) is 0. The van der Waals surface area contributed by atoms with Gasteiger partial charge in [0.2, 0.25) is 5.91 Å². The highest BCUT2D eigenvalue weighted by molar-refractivity contribution is 5.76. The fourth-order valence-electron chi connectivity index (χ4n) is 10.7. The number of aliphatic hydroxyl groups is 11. The van der Waals surface area contributed by atoms with Crippen LogP contribution in [0, 0.1) is 0 Å². The molecule has 3 aliphatic rings. The molecule has 3 saturated heterocycles. The van der Waals surface area contributed by atoms with Crippen molar-refractivity contribution in [3.8, 4) is 0 Å². The first kappa shape index (κ1) is 69.1. The fraction of sp³-hybridized carbons (Fsp3) is 0.982. The summed E-state index contributed by atoms with van der Waals surface area (Å²) < 4.78 is 34.0. The Morgan fingerprint density at radius 2 is 0.750 bits per heavy atom. The number of ether oxygens (including phenoxy) is 6. The van der Waals surface area contributed by atoms with E-state index in [1.807, 2.05) is 6.92 Å². The second-order valence-electron chi connectivity index (χ2n) is 22.2. The largest absolute Gasteiger partial charge is 0.394 e. The monoisotopic (exact) mass is 1100 g/mol. The van der Waals surface area contributed by atoms with Gasteiger partial charge in [-0.05, 0) is 12.8 Å². The zero-order valence-electron chi connectivity index (χ0n) is 46.8. The van der Waals surface area contributed by atoms with E-state index in [1.54, 1.807) is 0 Å². The van der Waals surface area contributed by atoms with Gasteiger partial charge in [0, 0.05) is 6.42 Å². The van der Waals surface area contributed by atoms with Gasteiger partial charge in [-0.3, -0.25) is 4.79 Å². The van der Waals surface area contributed by atoms with E-state index >= 15 is 0 Å². The molecule has 0 aliphatic carbocycles. The van der Waals surface area contributed by atoms with Crippen LogP contribution in [-0.2, 0) is 33.2 Å². The maximum Gasteiger partial charge on any atom is 0.220 e. The SMILES string of the molecule is CCCCCCCCCCCCCCCCCCCCCCCCCCCCCCCCC(O)C(COC1OC(CO)C(OC2OC(CO)C(OC3OC(CO)C(O)C(O)C3O)C(O)C2O)C(O)C1O)NC(=O)CCC. The molecule has 12 N–H and O–H groups in total. The van der Waals surface area contributed by atoms with Gasteiger partial charge < -0.3 is 89.9 Å². The van der Waals surface area contributed by atoms with E-state index in [0.717, 1.165) is 25.7 Å². The molecule has 0 radical (unpaired) electrons. The summed E-state index contributed by atoms with van der Waals surface area (Å²) in [6, 6.07) is -0.877. The minimum Gasteiger partial charge on any atom is -0.394 e. The molecule has 19 nitrogen and oxygen atoms in total. The van der Waals surface area contributed by atoms with Gasteiger partial charge in [0.05, 0.1) is 38.6 Å². The Morgan fingerprint density at radius 3 is 1.12 bits per heavy atom. The second-order valence-corrected chi connectivity index (χ2v) is 22.2. The molecule has 450 valence electrons. The smallest absolute Gasteiger partial charge is 0.220 e. The van der Waals surface area contributed by atoms with Crippen molar-refractivity contribution in [2.75, 3.05) is 26.4 Å². The number of carbonyl (C=O) groups is 1. The molecule has 0 aromatic heterocycles. The summed E-state index contributed by atoms with van der Waals surface area (Å²) in [5.74, 6) is -0.294. The minimum absolute atomic E-state index is 0.220. The van der Waals surface area contributed by atoms with Crippen molar-refractivity contribution < 1.29 is 89.4 Å². The third kappa shape index (κ3) is 25.7. The Balaban J connectivity index is 1.26. The van der Waals surface area contributed by atoms with Crippen molar-refractivity contribution >= 4 is 5.91 Å². The van der Waals surface area contributed by atoms with Crippen LogP contribution in [0.5, 0.6) is 0 Å². The van der Waals surface area contributed by atoms with E-state index in [2.05, 4.69) is 12.2 Å². The van der Waals surface area contributed by atoms with Crippen LogP contribution in [0.15, 0.2) is 0 Å². The molecular weight excluding hydrogens is 987 g/mol. The standard InChI is InChI=1S/C57H109NO18/c1-3-5-6-7-8-9-10-11-12-13-14-15-16-17-18-19-20-21-22-23-24-25-26-27-28-29-30-31-32-33-35-41(62)40(58-45(63)34-4-2)39-71-55-51(69)48(66)53(43(37-60)73-55)76-57-52(70)49(67)54(44(38-61)74-57)75-56-50(68)47(65)46(64)42(36-59)72-56/h40-44,46-57,59-62,64-70H,3-39H2,1-2H3,(H,58,63). The zero-order valence-corrected chi connectivity index (χ0v) is 46.8. The lowest BCUT2D eigenvalue weighted by Crippen LogP contribution is -2.66. The average molecular weight is 1100 g/mol. The van der Waals surface area contributed by atoms with Crippen LogP contribution in [-0.4, -0.2) is 193 Å². The van der Waals surface area contributed by atoms with Gasteiger partial charge in [0.1, 0.15) is 73.2 Å². The van der Waals surface area contributed by atoms with E-state index in [0.29, 0.717) is 12.8 Å². The van der Waals surface area contributed by atoms with Crippen LogP contribution in [0.25, 0.3) is 0 Å². The maximum absolute atomic E-state index is 12.7. The van der Waals surface area contributed by atoms with Crippen molar-refractivity contribution in [1.82, 2.24) is 5.32 Å². The normalized spacial score (nSPS) is 30.9. The summed E-state index contributed by atoms with van der Waals surface area (Å²) in [4.78, 5) is 12.7. The molecule has 1 amide bonds. The molecule has 76 heavy (non-hydrogen) atoms. The minimum atomic E-state index is -1.97. The highest BCUT2D eigenvalue weighted by atomic mass is 16.8. The molecule has 0 saturated carbocycles. The Hall–Kier alpha value is -1.21. The van der Waals surface area contributed by atoms with Gasteiger partial charge in [-0.1, -0.05) is 206 Å². The first-order chi connectivity index (χ1) is 36.8. The van der Waals surface area contributed by atoms with Crippen LogP contribution < -0.4 is 5.32 Å². The summed E-state index contributed by atoms with van der Waals surface area (Å²) in [5.41, 5.74) is 0. The van der Waals surface area contributed by atoms with Crippen LogP contribution in [0.1, 0.15) is 226 Å². The molecule has 3 aliphatic heterocycles. The number of rotatable bonds is 45. The molecule has 17 atom stereocenters. The number of amides is 1. The van der Waals surface area contributed by atoms with Crippen molar-refractivity contribution in [2.24, 2.45) is 0 Å². The van der Waals surface area contributed by atoms with Gasteiger partial charge in [-0.2, -0.15) is 0 Å². The third-order valence-corrected chi connectivity index (χ3v) is 15.7. The lowest BCUT2D eigenvalue weighted by atomic mass is 9.96. The number of carbonyl (C=O) groups excluding carboxylic acids is 1. The molecule has 3 fully saturated rings. The predicted octanol–water partition coefficient (Wildman–Crippen LogP) is 5.21. The lowest BCUT2D eigenvalue weighted by Gasteiger charge is -2.48. The Morgan fingerprint density at radius 1 is 0.421 bits per heavy atom. The summed E-state index contributed by atoms with van der Waals surface area (Å²) in [6.45, 7) is 1.43. The number of nitrogens with one attached hydrogen (secondary N) is 1. The molecular formula is C57H109NO18. The highest BCUT2D eigenvalue weighted by Gasteiger charge is 2.53. The third-order valence-electron chi connectivity index (χ3n) is 15.7. The van der Waals surface area contributed by atoms with Crippen LogP contribution >= 0.6 is 0 Å². The fourth-order valence-corrected chi connectivity index (χ4v) is 10.7. The number of hydrogen-bond acceptors (Lipinski definition) is 18. The molecule has 0 aromatic rings. The predicted molar refractivity (Wildman–Crippen MR) is 287 cm³/mol. The summed E-state index contributed by atoms with van der Waals surface area (Å²) >= 11 is 0. The quantitative estimate of drug-likeness (QED) is 0.0348. The van der Waals surface area contributed by atoms with Crippen LogP contribution in [0.4, 0.5) is 0 Å². The first-order valence-corrected chi connectivity index (χ1v) is 30.3. The van der Waals surface area contributed by atoms with Crippen LogP contribution in [0.3, 0.4) is 0 Å². The van der Waals surface area contributed by atoms with E-state index in [1.165, 1.54) is 167 Å². The lowest BCUT2D eigenvalue weighted by molar-refractivity contribution is -0.379. The van der Waals surface area contributed by atoms with E-state index < -0.39 is 124 Å². The van der Waals surface area contributed by atoms with E-state index in [9.17, 15) is 61.0 Å². The van der Waals surface area contributed by atoms with Crippen molar-refractivity contribution in [1.29, 1.82) is 0 Å². The Bertz CT molecular complexity index is 1400. The maximum atomic E-state index is 12.7. The van der Waals surface area contributed by atoms with Crippen molar-refractivity contribution in [3.63, 3.8) is 0 Å². The molecule has 17 unspecified atom stereocenters. The average Bonchev–Trinajstić information content (AvgIpc) is 3.41. The number of unbranched alkanes of at least 4 members (excludes halogenated alkanes) is 29. The van der Waals surface area contributed by atoms with E-state index in [-0.39, 0.29) is 18.9 Å².